The lowest BCUT2D eigenvalue weighted by molar-refractivity contribution is 0.188. The van der Waals surface area contributed by atoms with Crippen LogP contribution >= 0.6 is 0 Å². The number of nitrogens with one attached hydrogen (secondary N) is 1. The van der Waals surface area contributed by atoms with Gasteiger partial charge >= 0.3 is 0 Å². The zero-order valence-electron chi connectivity index (χ0n) is 10.8. The van der Waals surface area contributed by atoms with Crippen molar-refractivity contribution in [3.63, 3.8) is 0 Å². The van der Waals surface area contributed by atoms with Crippen LogP contribution in [0.3, 0.4) is 0 Å². The van der Waals surface area contributed by atoms with E-state index in [0.717, 1.165) is 18.7 Å². The normalized spacial score (nSPS) is 10.8. The van der Waals surface area contributed by atoms with Crippen molar-refractivity contribution in [1.82, 2.24) is 9.78 Å². The van der Waals surface area contributed by atoms with Gasteiger partial charge in [0.25, 0.3) is 5.56 Å². The summed E-state index contributed by atoms with van der Waals surface area (Å²) >= 11 is 0. The summed E-state index contributed by atoms with van der Waals surface area (Å²) < 4.78 is 6.39. The van der Waals surface area contributed by atoms with Crippen molar-refractivity contribution in [2.45, 2.75) is 26.8 Å². The lowest BCUT2D eigenvalue weighted by Crippen LogP contribution is -2.23. The van der Waals surface area contributed by atoms with Gasteiger partial charge < -0.3 is 10.1 Å². The molecule has 1 rings (SSSR count). The van der Waals surface area contributed by atoms with Gasteiger partial charge in [0.05, 0.1) is 11.9 Å². The third kappa shape index (κ3) is 4.99. The second kappa shape index (κ2) is 7.06. The lowest BCUT2D eigenvalue weighted by Gasteiger charge is -2.09. The first-order valence-corrected chi connectivity index (χ1v) is 5.93. The summed E-state index contributed by atoms with van der Waals surface area (Å²) in [5, 5.41) is 7.29. The van der Waals surface area contributed by atoms with E-state index in [2.05, 4.69) is 24.3 Å². The van der Waals surface area contributed by atoms with E-state index < -0.39 is 0 Å². The Morgan fingerprint density at radius 3 is 2.88 bits per heavy atom. The van der Waals surface area contributed by atoms with Crippen molar-refractivity contribution in [2.24, 2.45) is 5.92 Å². The Kier molecular flexibility index (Phi) is 5.69. The van der Waals surface area contributed by atoms with E-state index in [0.29, 0.717) is 19.1 Å². The van der Waals surface area contributed by atoms with Gasteiger partial charge in [-0.25, -0.2) is 4.68 Å². The Balaban J connectivity index is 2.56. The van der Waals surface area contributed by atoms with Crippen LogP contribution in [0, 0.1) is 5.92 Å². The number of methoxy groups -OCH3 is 1. The van der Waals surface area contributed by atoms with Crippen LogP contribution in [-0.2, 0) is 11.3 Å². The van der Waals surface area contributed by atoms with Gasteiger partial charge in [-0.15, -0.1) is 0 Å². The summed E-state index contributed by atoms with van der Waals surface area (Å²) in [6.45, 7) is 6.31. The second-order valence-electron chi connectivity index (χ2n) is 4.43. The number of anilines is 1. The molecule has 0 unspecified atom stereocenters. The molecule has 0 aliphatic heterocycles. The molecule has 0 aromatic carbocycles. The Morgan fingerprint density at radius 1 is 1.53 bits per heavy atom. The highest BCUT2D eigenvalue weighted by atomic mass is 16.5. The molecule has 17 heavy (non-hydrogen) atoms. The van der Waals surface area contributed by atoms with Crippen LogP contribution in [0.25, 0.3) is 0 Å². The predicted octanol–water partition coefficient (Wildman–Crippen LogP) is 1.35. The SMILES string of the molecule is COCCCn1ncc(NCC(C)C)cc1=O. The van der Waals surface area contributed by atoms with Gasteiger partial charge in [-0.1, -0.05) is 13.8 Å². The number of nitrogens with zero attached hydrogens (tertiary/aromatic N) is 2. The molecule has 0 aliphatic carbocycles. The maximum atomic E-state index is 11.7. The Morgan fingerprint density at radius 2 is 2.29 bits per heavy atom. The van der Waals surface area contributed by atoms with Crippen molar-refractivity contribution in [3.05, 3.63) is 22.6 Å². The smallest absolute Gasteiger partial charge is 0.268 e. The molecule has 5 nitrogen and oxygen atoms in total. The molecule has 1 aromatic rings. The van der Waals surface area contributed by atoms with Gasteiger partial charge in [0, 0.05) is 32.9 Å². The molecule has 0 saturated heterocycles. The number of ether oxygens (including phenoxy) is 1. The van der Waals surface area contributed by atoms with Crippen molar-refractivity contribution in [2.75, 3.05) is 25.6 Å². The maximum Gasteiger partial charge on any atom is 0.268 e. The zero-order valence-corrected chi connectivity index (χ0v) is 10.8. The fourth-order valence-corrected chi connectivity index (χ4v) is 1.38. The van der Waals surface area contributed by atoms with Crippen LogP contribution in [0.4, 0.5) is 5.69 Å². The summed E-state index contributed by atoms with van der Waals surface area (Å²) in [5.74, 6) is 0.541. The lowest BCUT2D eigenvalue weighted by atomic mass is 10.2. The molecule has 0 aliphatic rings. The summed E-state index contributed by atoms with van der Waals surface area (Å²) in [7, 11) is 1.65. The summed E-state index contributed by atoms with van der Waals surface area (Å²) in [5.41, 5.74) is 0.710. The van der Waals surface area contributed by atoms with Gasteiger partial charge in [-0.05, 0) is 12.3 Å². The average molecular weight is 239 g/mol. The Hall–Kier alpha value is -1.36. The van der Waals surface area contributed by atoms with Crippen molar-refractivity contribution < 1.29 is 4.74 Å². The Bertz CT molecular complexity index is 388. The molecular weight excluding hydrogens is 218 g/mol. The highest BCUT2D eigenvalue weighted by molar-refractivity contribution is 5.38. The first kappa shape index (κ1) is 13.7. The predicted molar refractivity (Wildman–Crippen MR) is 68.3 cm³/mol. The molecule has 0 amide bonds. The van der Waals surface area contributed by atoms with E-state index in [4.69, 9.17) is 4.74 Å². The molecule has 5 heteroatoms. The zero-order chi connectivity index (χ0) is 12.7. The van der Waals surface area contributed by atoms with Crippen LogP contribution in [0.1, 0.15) is 20.3 Å². The minimum absolute atomic E-state index is 0.0742. The molecule has 1 heterocycles. The van der Waals surface area contributed by atoms with Gasteiger partial charge in [0.15, 0.2) is 0 Å². The number of aromatic nitrogens is 2. The standard InChI is InChI=1S/C12H21N3O2/c1-10(2)8-13-11-7-12(16)15(14-9-11)5-4-6-17-3/h7,9-10,13H,4-6,8H2,1-3H3. The van der Waals surface area contributed by atoms with Crippen molar-refractivity contribution >= 4 is 5.69 Å². The maximum absolute atomic E-state index is 11.7. The van der Waals surface area contributed by atoms with Crippen LogP contribution in [0.2, 0.25) is 0 Å². The monoisotopic (exact) mass is 239 g/mol. The largest absolute Gasteiger partial charge is 0.385 e. The van der Waals surface area contributed by atoms with Crippen LogP contribution in [0.5, 0.6) is 0 Å². The molecule has 96 valence electrons. The quantitative estimate of drug-likeness (QED) is 0.730. The molecular formula is C12H21N3O2. The summed E-state index contributed by atoms with van der Waals surface area (Å²) in [6, 6.07) is 1.59. The third-order valence-electron chi connectivity index (χ3n) is 2.30. The first-order valence-electron chi connectivity index (χ1n) is 5.93. The topological polar surface area (TPSA) is 56.1 Å². The average Bonchev–Trinajstić information content (AvgIpc) is 2.29. The summed E-state index contributed by atoms with van der Waals surface area (Å²) in [6.07, 6.45) is 2.48. The highest BCUT2D eigenvalue weighted by Gasteiger charge is 2.00. The molecule has 0 bridgehead atoms. The van der Waals surface area contributed by atoms with E-state index in [1.165, 1.54) is 4.68 Å². The number of hydrogen-bond donors (Lipinski definition) is 1. The molecule has 0 radical (unpaired) electrons. The van der Waals surface area contributed by atoms with E-state index >= 15 is 0 Å². The molecule has 0 spiro atoms. The van der Waals surface area contributed by atoms with Crippen LogP contribution in [0.15, 0.2) is 17.1 Å². The minimum Gasteiger partial charge on any atom is -0.385 e. The molecule has 0 atom stereocenters. The van der Waals surface area contributed by atoms with Crippen LogP contribution < -0.4 is 10.9 Å². The number of hydrogen-bond acceptors (Lipinski definition) is 4. The Labute approximate surface area is 102 Å². The van der Waals surface area contributed by atoms with E-state index in [9.17, 15) is 4.79 Å². The fourth-order valence-electron chi connectivity index (χ4n) is 1.38. The van der Waals surface area contributed by atoms with Crippen molar-refractivity contribution in [1.29, 1.82) is 0 Å². The highest BCUT2D eigenvalue weighted by Crippen LogP contribution is 2.02. The first-order chi connectivity index (χ1) is 8.13. The third-order valence-corrected chi connectivity index (χ3v) is 2.30. The number of rotatable bonds is 7. The van der Waals surface area contributed by atoms with E-state index in [1.54, 1.807) is 19.4 Å². The van der Waals surface area contributed by atoms with Gasteiger partial charge in [0.2, 0.25) is 0 Å². The van der Waals surface area contributed by atoms with Gasteiger partial charge in [-0.3, -0.25) is 4.79 Å². The molecule has 1 N–H and O–H groups in total. The minimum atomic E-state index is -0.0742. The molecule has 0 saturated carbocycles. The van der Waals surface area contributed by atoms with Crippen LogP contribution in [-0.4, -0.2) is 30.0 Å². The van der Waals surface area contributed by atoms with Gasteiger partial charge in [-0.2, -0.15) is 5.10 Å². The fraction of sp³-hybridized carbons (Fsp3) is 0.667. The van der Waals surface area contributed by atoms with Gasteiger partial charge in [0.1, 0.15) is 0 Å². The van der Waals surface area contributed by atoms with E-state index in [1.807, 2.05) is 0 Å². The second-order valence-corrected chi connectivity index (χ2v) is 4.43. The number of aryl methyl sites for hydroxylation is 1. The molecule has 1 aromatic heterocycles. The molecule has 0 fully saturated rings. The van der Waals surface area contributed by atoms with E-state index in [-0.39, 0.29) is 5.56 Å². The summed E-state index contributed by atoms with van der Waals surface area (Å²) in [4.78, 5) is 11.7. The van der Waals surface area contributed by atoms with Crippen molar-refractivity contribution in [3.8, 4) is 0 Å².